The second-order valence-electron chi connectivity index (χ2n) is 4.58. The Morgan fingerprint density at radius 2 is 1.14 bits per heavy atom. The number of unbranched alkanes of at least 4 members (excludes halogenated alkanes) is 1. The van der Waals surface area contributed by atoms with Gasteiger partial charge in [-0.3, -0.25) is 0 Å². The summed E-state index contributed by atoms with van der Waals surface area (Å²) in [6.07, 6.45) is 2.60. The van der Waals surface area contributed by atoms with Crippen LogP contribution >= 0.6 is 0 Å². The van der Waals surface area contributed by atoms with E-state index in [-0.39, 0.29) is 0 Å². The van der Waals surface area contributed by atoms with E-state index in [1.807, 2.05) is 0 Å². The van der Waals surface area contributed by atoms with Gasteiger partial charge in [-0.25, -0.2) is 0 Å². The highest BCUT2D eigenvalue weighted by molar-refractivity contribution is 6.61. The molecule has 0 radical (unpaired) electrons. The molecule has 0 aromatic heterocycles. The van der Waals surface area contributed by atoms with E-state index < -0.39 is 17.6 Å². The first-order valence-corrected chi connectivity index (χ1v) is 11.0. The minimum atomic E-state index is -2.55. The van der Waals surface area contributed by atoms with Gasteiger partial charge >= 0.3 is 17.6 Å². The van der Waals surface area contributed by atoms with Crippen molar-refractivity contribution >= 4 is 17.6 Å². The highest BCUT2D eigenvalue weighted by Gasteiger charge is 2.39. The van der Waals surface area contributed by atoms with Crippen molar-refractivity contribution in [1.29, 1.82) is 0 Å². The molecule has 0 saturated carbocycles. The molecule has 0 rings (SSSR count). The third kappa shape index (κ3) is 7.30. The summed E-state index contributed by atoms with van der Waals surface area (Å²) in [6.45, 7) is 1.19. The Morgan fingerprint density at radius 3 is 1.57 bits per heavy atom. The molecule has 0 aliphatic carbocycles. The Hall–Kier alpha value is 0.154. The van der Waals surface area contributed by atoms with Gasteiger partial charge in [-0.1, -0.05) is 0 Å². The van der Waals surface area contributed by atoms with Gasteiger partial charge in [-0.05, 0) is 25.8 Å². The van der Waals surface area contributed by atoms with E-state index in [1.54, 1.807) is 35.5 Å². The molecule has 0 saturated heterocycles. The zero-order chi connectivity index (χ0) is 16.2. The average Bonchev–Trinajstić information content (AvgIpc) is 2.55. The van der Waals surface area contributed by atoms with E-state index in [1.165, 1.54) is 0 Å². The molecule has 0 atom stereocenters. The van der Waals surface area contributed by atoms with Crippen LogP contribution in [-0.4, -0.2) is 66.3 Å². The highest BCUT2D eigenvalue weighted by Crippen LogP contribution is 2.19. The molecule has 21 heavy (non-hydrogen) atoms. The molecule has 9 heteroatoms. The quantitative estimate of drug-likeness (QED) is 0.376. The fourth-order valence-electron chi connectivity index (χ4n) is 2.02. The van der Waals surface area contributed by atoms with Crippen LogP contribution in [0.2, 0.25) is 12.1 Å². The minimum absolute atomic E-state index is 0.583. The molecule has 0 amide bonds. The normalized spacial score (nSPS) is 12.9. The number of rotatable bonds is 14. The summed E-state index contributed by atoms with van der Waals surface area (Å²) in [6, 6.07) is 1.50. The van der Waals surface area contributed by atoms with Crippen molar-refractivity contribution < 1.29 is 26.6 Å². The topological polar surface area (TPSA) is 81.4 Å². The van der Waals surface area contributed by atoms with Crippen LogP contribution in [0.15, 0.2) is 0 Å². The Balaban J connectivity index is 4.10. The van der Waals surface area contributed by atoms with Crippen LogP contribution in [0.1, 0.15) is 19.3 Å². The van der Waals surface area contributed by atoms with E-state index in [4.69, 9.17) is 32.3 Å². The van der Waals surface area contributed by atoms with Crippen molar-refractivity contribution in [2.45, 2.75) is 31.4 Å². The lowest BCUT2D eigenvalue weighted by atomic mass is 10.4. The summed E-state index contributed by atoms with van der Waals surface area (Å²) >= 11 is 0. The summed E-state index contributed by atoms with van der Waals surface area (Å²) in [5.41, 5.74) is 5.53. The van der Waals surface area contributed by atoms with Crippen molar-refractivity contribution in [3.63, 3.8) is 0 Å². The predicted molar refractivity (Wildman–Crippen MR) is 85.0 cm³/mol. The SMILES string of the molecule is CO[Si](CCCCO[Si](CCCN)(OC)OC)(OC)OC. The first-order valence-electron chi connectivity index (χ1n) is 7.17. The predicted octanol–water partition coefficient (Wildman–Crippen LogP) is 1.24. The largest absolute Gasteiger partial charge is 0.500 e. The number of nitrogens with two attached hydrogens (primary N) is 1. The van der Waals surface area contributed by atoms with E-state index in [0.717, 1.165) is 31.4 Å². The second-order valence-corrected chi connectivity index (χ2v) is 10.6. The first-order chi connectivity index (χ1) is 10.1. The van der Waals surface area contributed by atoms with Gasteiger partial charge in [-0.2, -0.15) is 0 Å². The van der Waals surface area contributed by atoms with Gasteiger partial charge in [-0.15, -0.1) is 0 Å². The zero-order valence-corrected chi connectivity index (χ0v) is 16.0. The van der Waals surface area contributed by atoms with Gasteiger partial charge < -0.3 is 32.3 Å². The van der Waals surface area contributed by atoms with Crippen LogP contribution in [0.3, 0.4) is 0 Å². The highest BCUT2D eigenvalue weighted by atomic mass is 28.4. The lowest BCUT2D eigenvalue weighted by molar-refractivity contribution is 0.0947. The number of hydrogen-bond donors (Lipinski definition) is 1. The summed E-state index contributed by atoms with van der Waals surface area (Å²) in [5.74, 6) is 0. The maximum absolute atomic E-state index is 5.88. The molecular formula is C12H31NO6Si2. The van der Waals surface area contributed by atoms with Crippen molar-refractivity contribution in [3.05, 3.63) is 0 Å². The Labute approximate surface area is 130 Å². The Bertz CT molecular complexity index is 244. The van der Waals surface area contributed by atoms with Crippen LogP contribution in [-0.2, 0) is 26.6 Å². The van der Waals surface area contributed by atoms with Crippen molar-refractivity contribution in [2.24, 2.45) is 5.73 Å². The van der Waals surface area contributed by atoms with Gasteiger partial charge in [0.25, 0.3) is 0 Å². The van der Waals surface area contributed by atoms with E-state index in [2.05, 4.69) is 0 Å². The summed E-state index contributed by atoms with van der Waals surface area (Å²) in [4.78, 5) is 0. The van der Waals surface area contributed by atoms with Crippen LogP contribution in [0.25, 0.3) is 0 Å². The molecule has 0 aliphatic rings. The van der Waals surface area contributed by atoms with Gasteiger partial charge in [0.05, 0.1) is 0 Å². The van der Waals surface area contributed by atoms with E-state index >= 15 is 0 Å². The van der Waals surface area contributed by atoms with Gasteiger partial charge in [0.15, 0.2) is 0 Å². The molecule has 128 valence electrons. The molecule has 0 heterocycles. The Kier molecular flexibility index (Phi) is 11.8. The fourth-order valence-corrected chi connectivity index (χ4v) is 5.87. The van der Waals surface area contributed by atoms with Crippen LogP contribution in [0, 0.1) is 0 Å². The molecule has 0 fully saturated rings. The van der Waals surface area contributed by atoms with Crippen molar-refractivity contribution in [3.8, 4) is 0 Å². The molecule has 0 aromatic rings. The molecule has 0 aliphatic heterocycles. The summed E-state index contributed by atoms with van der Waals surface area (Å²) in [7, 11) is 3.10. The van der Waals surface area contributed by atoms with E-state index in [0.29, 0.717) is 13.2 Å². The lowest BCUT2D eigenvalue weighted by Gasteiger charge is -2.27. The van der Waals surface area contributed by atoms with Crippen molar-refractivity contribution in [2.75, 3.05) is 48.7 Å². The molecule has 7 nitrogen and oxygen atoms in total. The monoisotopic (exact) mass is 341 g/mol. The van der Waals surface area contributed by atoms with Crippen LogP contribution in [0.4, 0.5) is 0 Å². The van der Waals surface area contributed by atoms with Gasteiger partial charge in [0.1, 0.15) is 0 Å². The third-order valence-electron chi connectivity index (χ3n) is 3.44. The zero-order valence-electron chi connectivity index (χ0n) is 14.0. The maximum Gasteiger partial charge on any atom is 0.500 e. The maximum atomic E-state index is 5.88. The van der Waals surface area contributed by atoms with Crippen molar-refractivity contribution in [1.82, 2.24) is 0 Å². The van der Waals surface area contributed by atoms with Crippen LogP contribution < -0.4 is 5.73 Å². The lowest BCUT2D eigenvalue weighted by Crippen LogP contribution is -2.44. The smallest absolute Gasteiger partial charge is 0.377 e. The molecule has 0 spiro atoms. The molecule has 0 unspecified atom stereocenters. The third-order valence-corrected chi connectivity index (χ3v) is 9.13. The molecule has 0 bridgehead atoms. The molecule has 2 N–H and O–H groups in total. The van der Waals surface area contributed by atoms with Crippen LogP contribution in [0.5, 0.6) is 0 Å². The minimum Gasteiger partial charge on any atom is -0.377 e. The van der Waals surface area contributed by atoms with E-state index in [9.17, 15) is 0 Å². The molecular weight excluding hydrogens is 310 g/mol. The number of hydrogen-bond acceptors (Lipinski definition) is 7. The summed E-state index contributed by atoms with van der Waals surface area (Å²) in [5, 5.41) is 0. The average molecular weight is 342 g/mol. The summed E-state index contributed by atoms with van der Waals surface area (Å²) < 4.78 is 33.0. The second kappa shape index (κ2) is 11.7. The first kappa shape index (κ1) is 21.2. The fraction of sp³-hybridized carbons (Fsp3) is 1.00. The standard InChI is InChI=1S/C12H31NO6Si2/c1-14-20(15-2,16-3)11-7-6-10-19-21(17-4,18-5)12-8-9-13/h6-13H2,1-5H3. The molecule has 0 aromatic carbocycles. The Morgan fingerprint density at radius 1 is 0.667 bits per heavy atom. The van der Waals surface area contributed by atoms with Gasteiger partial charge in [0, 0.05) is 54.2 Å². The van der Waals surface area contributed by atoms with Gasteiger partial charge in [0.2, 0.25) is 0 Å².